The van der Waals surface area contributed by atoms with E-state index >= 15 is 0 Å². The molecular weight excluding hydrogens is 509 g/mol. The molecule has 0 atom stereocenters. The van der Waals surface area contributed by atoms with Gasteiger partial charge in [-0.3, -0.25) is 9.59 Å². The molecule has 10 heteroatoms. The number of ether oxygens (including phenoxy) is 2. The molecule has 3 aromatic rings. The Kier molecular flexibility index (Phi) is 8.47. The summed E-state index contributed by atoms with van der Waals surface area (Å²) in [5, 5.41) is 6.24. The summed E-state index contributed by atoms with van der Waals surface area (Å²) in [6.07, 6.45) is 1.36. The average Bonchev–Trinajstić information content (AvgIpc) is 2.83. The molecule has 0 aliphatic rings. The molecule has 2 amide bonds. The molecule has 0 radical (unpaired) electrons. The molecule has 0 fully saturated rings. The highest BCUT2D eigenvalue weighted by Crippen LogP contribution is 2.28. The van der Waals surface area contributed by atoms with Crippen molar-refractivity contribution in [2.24, 2.45) is 5.10 Å². The fourth-order valence-electron chi connectivity index (χ4n) is 2.71. The van der Waals surface area contributed by atoms with Crippen LogP contribution in [0.5, 0.6) is 11.5 Å². The van der Waals surface area contributed by atoms with Crippen LogP contribution in [0.3, 0.4) is 0 Å². The van der Waals surface area contributed by atoms with Gasteiger partial charge in [-0.05, 0) is 66.2 Å². The average molecular weight is 528 g/mol. The van der Waals surface area contributed by atoms with E-state index in [1.54, 1.807) is 42.5 Å². The Morgan fingerprint density at radius 3 is 2.47 bits per heavy atom. The second-order valence-corrected chi connectivity index (χ2v) is 7.71. The van der Waals surface area contributed by atoms with Crippen LogP contribution in [-0.4, -0.2) is 37.7 Å². The van der Waals surface area contributed by atoms with Crippen molar-refractivity contribution < 1.29 is 28.2 Å². The quantitative estimate of drug-likeness (QED) is 0.201. The summed E-state index contributed by atoms with van der Waals surface area (Å²) in [4.78, 5) is 36.2. The highest BCUT2D eigenvalue weighted by molar-refractivity contribution is 9.10. The first-order valence-electron chi connectivity index (χ1n) is 9.87. The summed E-state index contributed by atoms with van der Waals surface area (Å²) in [6.45, 7) is -0.318. The van der Waals surface area contributed by atoms with Crippen LogP contribution in [0.15, 0.2) is 76.3 Å². The van der Waals surface area contributed by atoms with Crippen molar-refractivity contribution in [3.8, 4) is 11.5 Å². The van der Waals surface area contributed by atoms with E-state index in [9.17, 15) is 18.8 Å². The lowest BCUT2D eigenvalue weighted by molar-refractivity contribution is -0.120. The maximum absolute atomic E-state index is 12.9. The molecule has 0 saturated heterocycles. The van der Waals surface area contributed by atoms with Gasteiger partial charge in [0, 0.05) is 10.0 Å². The lowest BCUT2D eigenvalue weighted by Crippen LogP contribution is -2.34. The van der Waals surface area contributed by atoms with Crippen molar-refractivity contribution >= 4 is 39.9 Å². The lowest BCUT2D eigenvalue weighted by atomic mass is 10.2. The van der Waals surface area contributed by atoms with E-state index in [4.69, 9.17) is 9.47 Å². The summed E-state index contributed by atoms with van der Waals surface area (Å²) in [6, 6.07) is 16.5. The fraction of sp³-hybridized carbons (Fsp3) is 0.0833. The van der Waals surface area contributed by atoms with Crippen LogP contribution in [0.25, 0.3) is 0 Å². The predicted molar refractivity (Wildman–Crippen MR) is 127 cm³/mol. The molecule has 174 valence electrons. The van der Waals surface area contributed by atoms with Crippen LogP contribution in [0.2, 0.25) is 0 Å². The van der Waals surface area contributed by atoms with Gasteiger partial charge in [-0.15, -0.1) is 0 Å². The monoisotopic (exact) mass is 527 g/mol. The van der Waals surface area contributed by atoms with Crippen LogP contribution < -0.4 is 20.2 Å². The Balaban J connectivity index is 1.54. The minimum absolute atomic E-state index is 0.220. The zero-order valence-corrected chi connectivity index (χ0v) is 19.5. The summed E-state index contributed by atoms with van der Waals surface area (Å²) in [5.41, 5.74) is 3.45. The zero-order chi connectivity index (χ0) is 24.5. The van der Waals surface area contributed by atoms with Crippen LogP contribution in [0.1, 0.15) is 26.3 Å². The second-order valence-electron chi connectivity index (χ2n) is 6.79. The molecule has 2 N–H and O–H groups in total. The van der Waals surface area contributed by atoms with Gasteiger partial charge < -0.3 is 14.8 Å². The van der Waals surface area contributed by atoms with Crippen molar-refractivity contribution in [3.63, 3.8) is 0 Å². The maximum atomic E-state index is 12.9. The van der Waals surface area contributed by atoms with Crippen molar-refractivity contribution in [2.75, 3.05) is 13.7 Å². The number of hydrogen-bond acceptors (Lipinski definition) is 6. The van der Waals surface area contributed by atoms with E-state index in [1.807, 2.05) is 0 Å². The number of hydrazone groups is 1. The van der Waals surface area contributed by atoms with Crippen molar-refractivity contribution in [2.45, 2.75) is 0 Å². The number of hydrogen-bond donors (Lipinski definition) is 2. The van der Waals surface area contributed by atoms with Crippen LogP contribution in [0, 0.1) is 5.82 Å². The Morgan fingerprint density at radius 2 is 1.76 bits per heavy atom. The molecule has 8 nitrogen and oxygen atoms in total. The third-order valence-electron chi connectivity index (χ3n) is 4.37. The molecule has 0 aliphatic heterocycles. The summed E-state index contributed by atoms with van der Waals surface area (Å²) >= 11 is 3.31. The number of nitrogens with one attached hydrogen (secondary N) is 2. The smallest absolute Gasteiger partial charge is 0.343 e. The van der Waals surface area contributed by atoms with Gasteiger partial charge >= 0.3 is 5.97 Å². The van der Waals surface area contributed by atoms with Crippen LogP contribution in [0.4, 0.5) is 4.39 Å². The van der Waals surface area contributed by atoms with Gasteiger partial charge in [0.05, 0.1) is 25.4 Å². The van der Waals surface area contributed by atoms with E-state index in [2.05, 4.69) is 31.8 Å². The van der Waals surface area contributed by atoms with Crippen LogP contribution >= 0.6 is 15.9 Å². The topological polar surface area (TPSA) is 106 Å². The Labute approximate surface area is 202 Å². The zero-order valence-electron chi connectivity index (χ0n) is 17.9. The van der Waals surface area contributed by atoms with Crippen molar-refractivity contribution in [3.05, 3.63) is 93.7 Å². The van der Waals surface area contributed by atoms with Gasteiger partial charge in [0.25, 0.3) is 11.8 Å². The molecule has 0 bridgehead atoms. The van der Waals surface area contributed by atoms with Crippen molar-refractivity contribution in [1.29, 1.82) is 0 Å². The number of benzene rings is 3. The Morgan fingerprint density at radius 1 is 1.00 bits per heavy atom. The number of carbonyl (C=O) groups is 3. The number of esters is 1. The van der Waals surface area contributed by atoms with E-state index in [0.29, 0.717) is 16.9 Å². The molecule has 0 aliphatic carbocycles. The second kappa shape index (κ2) is 11.7. The SMILES string of the molecule is COc1cc(/C=N/NC(=O)CNC(=O)c2ccc(F)cc2)ccc1OC(=O)c1cccc(Br)c1. The van der Waals surface area contributed by atoms with E-state index in [1.165, 1.54) is 25.5 Å². The molecular formula is C24H19BrFN3O5. The first-order chi connectivity index (χ1) is 16.4. The number of amides is 2. The first kappa shape index (κ1) is 24.6. The summed E-state index contributed by atoms with van der Waals surface area (Å²) < 4.78 is 24.4. The normalized spacial score (nSPS) is 10.6. The van der Waals surface area contributed by atoms with Gasteiger partial charge in [0.2, 0.25) is 0 Å². The number of rotatable bonds is 8. The third kappa shape index (κ3) is 6.97. The lowest BCUT2D eigenvalue weighted by Gasteiger charge is -2.10. The number of methoxy groups -OCH3 is 1. The van der Waals surface area contributed by atoms with Gasteiger partial charge in [-0.25, -0.2) is 14.6 Å². The van der Waals surface area contributed by atoms with E-state index in [0.717, 1.165) is 16.6 Å². The molecule has 0 spiro atoms. The minimum atomic E-state index is -0.557. The van der Waals surface area contributed by atoms with Crippen LogP contribution in [-0.2, 0) is 4.79 Å². The maximum Gasteiger partial charge on any atom is 0.343 e. The summed E-state index contributed by atoms with van der Waals surface area (Å²) in [5.74, 6) is -1.57. The van der Waals surface area contributed by atoms with Gasteiger partial charge in [-0.2, -0.15) is 5.10 Å². The largest absolute Gasteiger partial charge is 0.493 e. The molecule has 0 aromatic heterocycles. The molecule has 0 saturated carbocycles. The van der Waals surface area contributed by atoms with Gasteiger partial charge in [-0.1, -0.05) is 22.0 Å². The molecule has 3 aromatic carbocycles. The summed E-state index contributed by atoms with van der Waals surface area (Å²) in [7, 11) is 1.43. The molecule has 3 rings (SSSR count). The standard InChI is InChI=1S/C24H19BrFN3O5/c1-33-21-11-15(5-10-20(21)34-24(32)17-3-2-4-18(25)12-17)13-28-29-22(30)14-27-23(31)16-6-8-19(26)9-7-16/h2-13H,14H2,1H3,(H,27,31)(H,29,30)/b28-13+. The third-order valence-corrected chi connectivity index (χ3v) is 4.86. The predicted octanol–water partition coefficient (Wildman–Crippen LogP) is 3.70. The van der Waals surface area contributed by atoms with Crippen molar-refractivity contribution in [1.82, 2.24) is 10.7 Å². The Hall–Kier alpha value is -4.05. The van der Waals surface area contributed by atoms with E-state index in [-0.39, 0.29) is 17.9 Å². The number of carbonyl (C=O) groups excluding carboxylic acids is 3. The molecule has 34 heavy (non-hydrogen) atoms. The highest BCUT2D eigenvalue weighted by atomic mass is 79.9. The van der Waals surface area contributed by atoms with Gasteiger partial charge in [0.15, 0.2) is 11.5 Å². The van der Waals surface area contributed by atoms with E-state index < -0.39 is 23.6 Å². The number of nitrogens with zero attached hydrogens (tertiary/aromatic N) is 1. The minimum Gasteiger partial charge on any atom is -0.493 e. The molecule has 0 unspecified atom stereocenters. The number of halogens is 2. The first-order valence-corrected chi connectivity index (χ1v) is 10.7. The van der Waals surface area contributed by atoms with Gasteiger partial charge in [0.1, 0.15) is 5.82 Å². The fourth-order valence-corrected chi connectivity index (χ4v) is 3.10. The Bertz CT molecular complexity index is 1230. The highest BCUT2D eigenvalue weighted by Gasteiger charge is 2.13. The molecule has 0 heterocycles.